The molecule has 0 spiro atoms. The van der Waals surface area contributed by atoms with Gasteiger partial charge in [-0.1, -0.05) is 13.8 Å². The molecule has 1 amide bonds. The third-order valence-electron chi connectivity index (χ3n) is 1.72. The Hall–Kier alpha value is -0.900. The maximum atomic E-state index is 11.5. The number of amides is 1. The molecule has 0 bridgehead atoms. The molecule has 0 radical (unpaired) electrons. The molecule has 1 rings (SSSR count). The van der Waals surface area contributed by atoms with Crippen LogP contribution in [0.1, 0.15) is 35.6 Å². The number of rotatable bonds is 4. The number of aryl methyl sites for hydroxylation is 1. The molecule has 3 nitrogen and oxygen atoms in total. The smallest absolute Gasteiger partial charge is 0.263 e. The number of carbonyl (C=O) groups is 1. The molecule has 0 aromatic carbocycles. The van der Waals surface area contributed by atoms with Crippen LogP contribution in [0.5, 0.6) is 0 Å². The number of hydrogen-bond acceptors (Lipinski definition) is 3. The van der Waals surface area contributed by atoms with E-state index in [1.165, 1.54) is 11.3 Å². The minimum atomic E-state index is 0.0150. The number of nitrogens with zero attached hydrogens (tertiary/aromatic N) is 1. The van der Waals surface area contributed by atoms with Crippen LogP contribution in [-0.4, -0.2) is 17.4 Å². The minimum absolute atomic E-state index is 0.0150. The predicted octanol–water partition coefficient (Wildman–Crippen LogP) is 1.85. The lowest BCUT2D eigenvalue weighted by Crippen LogP contribution is -2.24. The van der Waals surface area contributed by atoms with Gasteiger partial charge in [0.2, 0.25) is 0 Å². The summed E-state index contributed by atoms with van der Waals surface area (Å²) in [6.45, 7) is 4.78. The lowest BCUT2D eigenvalue weighted by atomic mass is 10.3. The molecule has 1 aromatic rings. The first-order valence-corrected chi connectivity index (χ1v) is 5.38. The summed E-state index contributed by atoms with van der Waals surface area (Å²) in [4.78, 5) is 16.4. The summed E-state index contributed by atoms with van der Waals surface area (Å²) in [6, 6.07) is 0. The first kappa shape index (κ1) is 10.2. The largest absolute Gasteiger partial charge is 0.351 e. The molecule has 1 heterocycles. The molecule has 0 fully saturated rings. The van der Waals surface area contributed by atoms with Crippen LogP contribution in [0.4, 0.5) is 0 Å². The van der Waals surface area contributed by atoms with Gasteiger partial charge in [0.25, 0.3) is 5.91 Å². The normalized spacial score (nSPS) is 10.0. The van der Waals surface area contributed by atoms with Gasteiger partial charge in [-0.05, 0) is 12.8 Å². The van der Waals surface area contributed by atoms with E-state index in [4.69, 9.17) is 0 Å². The molecule has 4 heteroatoms. The molecule has 1 N–H and O–H groups in total. The van der Waals surface area contributed by atoms with Crippen molar-refractivity contribution in [3.63, 3.8) is 0 Å². The predicted molar refractivity (Wildman–Crippen MR) is 54.1 cm³/mol. The van der Waals surface area contributed by atoms with Gasteiger partial charge in [0.1, 0.15) is 4.88 Å². The summed E-state index contributed by atoms with van der Waals surface area (Å²) in [5, 5.41) is 2.84. The van der Waals surface area contributed by atoms with E-state index < -0.39 is 0 Å². The highest BCUT2D eigenvalue weighted by Gasteiger charge is 2.11. The van der Waals surface area contributed by atoms with E-state index in [-0.39, 0.29) is 5.91 Å². The molecule has 0 saturated carbocycles. The summed E-state index contributed by atoms with van der Waals surface area (Å²) in [7, 11) is 0. The summed E-state index contributed by atoms with van der Waals surface area (Å²) in [5.74, 6) is 0.0150. The van der Waals surface area contributed by atoms with Gasteiger partial charge in [-0.2, -0.15) is 0 Å². The number of thiazole rings is 1. The highest BCUT2D eigenvalue weighted by molar-refractivity contribution is 7.11. The molecule has 0 aliphatic heterocycles. The molecule has 0 aliphatic carbocycles. The van der Waals surface area contributed by atoms with Gasteiger partial charge < -0.3 is 5.32 Å². The molecular weight excluding hydrogens is 184 g/mol. The summed E-state index contributed by atoms with van der Waals surface area (Å²) < 4.78 is 0. The average Bonchev–Trinajstić information content (AvgIpc) is 2.61. The fraction of sp³-hybridized carbons (Fsp3) is 0.556. The van der Waals surface area contributed by atoms with Crippen molar-refractivity contribution in [1.29, 1.82) is 0 Å². The fourth-order valence-electron chi connectivity index (χ4n) is 1.02. The second-order valence-electron chi connectivity index (χ2n) is 2.74. The van der Waals surface area contributed by atoms with E-state index in [2.05, 4.69) is 10.3 Å². The van der Waals surface area contributed by atoms with Crippen LogP contribution in [0.3, 0.4) is 0 Å². The van der Waals surface area contributed by atoms with Crippen LogP contribution >= 0.6 is 11.3 Å². The van der Waals surface area contributed by atoms with Crippen molar-refractivity contribution in [2.75, 3.05) is 6.54 Å². The van der Waals surface area contributed by atoms with Gasteiger partial charge in [-0.3, -0.25) is 4.79 Å². The molecular formula is C9H14N2OS. The monoisotopic (exact) mass is 198 g/mol. The average molecular weight is 198 g/mol. The zero-order valence-corrected chi connectivity index (χ0v) is 8.78. The van der Waals surface area contributed by atoms with E-state index in [0.717, 1.165) is 30.0 Å². The van der Waals surface area contributed by atoms with Gasteiger partial charge in [0.05, 0.1) is 11.2 Å². The lowest BCUT2D eigenvalue weighted by Gasteiger charge is -2.01. The Labute approximate surface area is 82.2 Å². The first-order chi connectivity index (χ1) is 6.29. The Morgan fingerprint density at radius 2 is 2.38 bits per heavy atom. The van der Waals surface area contributed by atoms with Crippen LogP contribution in [-0.2, 0) is 6.42 Å². The van der Waals surface area contributed by atoms with Crippen molar-refractivity contribution in [2.24, 2.45) is 0 Å². The number of aromatic nitrogens is 1. The quantitative estimate of drug-likeness (QED) is 0.802. The Balaban J connectivity index is 2.65. The summed E-state index contributed by atoms with van der Waals surface area (Å²) in [5.41, 5.74) is 2.62. The van der Waals surface area contributed by atoms with E-state index in [0.29, 0.717) is 0 Å². The maximum Gasteiger partial charge on any atom is 0.263 e. The molecule has 1 aromatic heterocycles. The SMILES string of the molecule is CCCNC(=O)c1scnc1CC. The van der Waals surface area contributed by atoms with E-state index >= 15 is 0 Å². The van der Waals surface area contributed by atoms with Crippen LogP contribution in [0.15, 0.2) is 5.51 Å². The van der Waals surface area contributed by atoms with Gasteiger partial charge in [0.15, 0.2) is 0 Å². The lowest BCUT2D eigenvalue weighted by molar-refractivity contribution is 0.0956. The molecule has 0 unspecified atom stereocenters. The van der Waals surface area contributed by atoms with Gasteiger partial charge in [-0.15, -0.1) is 11.3 Å². The van der Waals surface area contributed by atoms with Gasteiger partial charge in [-0.25, -0.2) is 4.98 Å². The zero-order valence-electron chi connectivity index (χ0n) is 7.96. The Bertz CT molecular complexity index is 283. The molecule has 0 atom stereocenters. The maximum absolute atomic E-state index is 11.5. The van der Waals surface area contributed by atoms with Crippen molar-refractivity contribution >= 4 is 17.2 Å². The van der Waals surface area contributed by atoms with Gasteiger partial charge >= 0.3 is 0 Å². The number of nitrogens with one attached hydrogen (secondary N) is 1. The Kier molecular flexibility index (Phi) is 3.89. The Morgan fingerprint density at radius 1 is 1.62 bits per heavy atom. The molecule has 72 valence electrons. The fourth-order valence-corrected chi connectivity index (χ4v) is 1.82. The molecule has 0 aliphatic rings. The van der Waals surface area contributed by atoms with Crippen molar-refractivity contribution in [1.82, 2.24) is 10.3 Å². The van der Waals surface area contributed by atoms with Crippen LogP contribution in [0.2, 0.25) is 0 Å². The number of hydrogen-bond donors (Lipinski definition) is 1. The highest BCUT2D eigenvalue weighted by atomic mass is 32.1. The van der Waals surface area contributed by atoms with Crippen molar-refractivity contribution in [3.8, 4) is 0 Å². The first-order valence-electron chi connectivity index (χ1n) is 4.50. The van der Waals surface area contributed by atoms with E-state index in [1.54, 1.807) is 5.51 Å². The topological polar surface area (TPSA) is 42.0 Å². The standard InChI is InChI=1S/C9H14N2OS/c1-3-5-10-9(12)8-7(4-2)11-6-13-8/h6H,3-5H2,1-2H3,(H,10,12). The summed E-state index contributed by atoms with van der Waals surface area (Å²) >= 11 is 1.41. The summed E-state index contributed by atoms with van der Waals surface area (Å²) in [6.07, 6.45) is 1.78. The van der Waals surface area contributed by atoms with Crippen molar-refractivity contribution in [3.05, 3.63) is 16.1 Å². The van der Waals surface area contributed by atoms with Crippen molar-refractivity contribution in [2.45, 2.75) is 26.7 Å². The zero-order chi connectivity index (χ0) is 9.68. The van der Waals surface area contributed by atoms with Crippen molar-refractivity contribution < 1.29 is 4.79 Å². The second-order valence-corrected chi connectivity index (χ2v) is 3.59. The minimum Gasteiger partial charge on any atom is -0.351 e. The number of carbonyl (C=O) groups excluding carboxylic acids is 1. The van der Waals surface area contributed by atoms with Crippen LogP contribution < -0.4 is 5.32 Å². The third kappa shape index (κ3) is 2.52. The van der Waals surface area contributed by atoms with Crippen LogP contribution in [0, 0.1) is 0 Å². The third-order valence-corrected chi connectivity index (χ3v) is 2.59. The highest BCUT2D eigenvalue weighted by Crippen LogP contribution is 2.13. The van der Waals surface area contributed by atoms with Crippen LogP contribution in [0.25, 0.3) is 0 Å². The van der Waals surface area contributed by atoms with E-state index in [9.17, 15) is 4.79 Å². The Morgan fingerprint density at radius 3 is 3.00 bits per heavy atom. The van der Waals surface area contributed by atoms with Gasteiger partial charge in [0, 0.05) is 6.54 Å². The molecule has 13 heavy (non-hydrogen) atoms. The van der Waals surface area contributed by atoms with E-state index in [1.807, 2.05) is 13.8 Å². The second kappa shape index (κ2) is 4.97. The molecule has 0 saturated heterocycles.